The quantitative estimate of drug-likeness (QED) is 0.872. The van der Waals surface area contributed by atoms with Crippen molar-refractivity contribution in [2.75, 3.05) is 0 Å². The second kappa shape index (κ2) is 5.10. The van der Waals surface area contributed by atoms with E-state index in [1.807, 2.05) is 26.8 Å². The van der Waals surface area contributed by atoms with Crippen LogP contribution in [0.4, 0.5) is 4.79 Å². The predicted octanol–water partition coefficient (Wildman–Crippen LogP) is 2.05. The lowest BCUT2D eigenvalue weighted by atomic mass is 10.1. The topological polar surface area (TPSA) is 87.9 Å². The monoisotopic (exact) mass is 254 g/mol. The van der Waals surface area contributed by atoms with Crippen molar-refractivity contribution in [3.8, 4) is 11.3 Å². The minimum absolute atomic E-state index is 0.142. The lowest BCUT2D eigenvalue weighted by Crippen LogP contribution is -2.42. The van der Waals surface area contributed by atoms with Crippen molar-refractivity contribution >= 4 is 17.6 Å². The molecule has 0 aliphatic rings. The summed E-state index contributed by atoms with van der Waals surface area (Å²) in [5.41, 5.74) is -0.370. The number of rotatable bonds is 2. The largest absolute Gasteiger partial charge is 0.415 e. The number of hydrogen-bond donors (Lipinski definition) is 1. The first-order chi connectivity index (χ1) is 7.81. The van der Waals surface area contributed by atoms with E-state index in [1.54, 1.807) is 6.92 Å². The van der Waals surface area contributed by atoms with Gasteiger partial charge in [0.15, 0.2) is 5.82 Å². The Morgan fingerprint density at radius 2 is 2.24 bits per heavy atom. The van der Waals surface area contributed by atoms with Crippen LogP contribution in [0.2, 0.25) is 0 Å². The number of hydrogen-bond acceptors (Lipinski definition) is 6. The van der Waals surface area contributed by atoms with E-state index in [0.717, 1.165) is 11.5 Å². The molecule has 0 fully saturated rings. The molecule has 6 nitrogen and oxygen atoms in total. The van der Waals surface area contributed by atoms with Gasteiger partial charge in [-0.25, -0.2) is 4.79 Å². The summed E-state index contributed by atoms with van der Waals surface area (Å²) < 4.78 is 8.89. The average molecular weight is 254 g/mol. The molecule has 0 aromatic carbocycles. The van der Waals surface area contributed by atoms with Crippen molar-refractivity contribution in [3.63, 3.8) is 0 Å². The summed E-state index contributed by atoms with van der Waals surface area (Å²) in [5.74, 6) is -0.0367. The van der Waals surface area contributed by atoms with E-state index in [2.05, 4.69) is 14.7 Å². The van der Waals surface area contributed by atoms with Gasteiger partial charge < -0.3 is 10.1 Å². The highest BCUT2D eigenvalue weighted by atomic mass is 32.1. The third-order valence-corrected chi connectivity index (χ3v) is 2.27. The number of nitriles is 1. The highest BCUT2D eigenvalue weighted by Gasteiger charge is 2.18. The van der Waals surface area contributed by atoms with Gasteiger partial charge in [0.05, 0.1) is 6.07 Å². The molecule has 1 N–H and O–H groups in total. The Bertz CT molecular complexity index is 444. The van der Waals surface area contributed by atoms with Crippen molar-refractivity contribution in [1.82, 2.24) is 14.7 Å². The molecule has 0 aliphatic heterocycles. The standard InChI is InChI=1S/C10H14N4O2S/c1-6(5-11)7-12-9(17-14-7)16-8(15)13-10(2,3)4/h6H,1-4H3,(H,13,15). The number of ether oxygens (including phenoxy) is 1. The van der Waals surface area contributed by atoms with Gasteiger partial charge in [0.1, 0.15) is 5.92 Å². The van der Waals surface area contributed by atoms with Crippen LogP contribution in [0.5, 0.6) is 5.19 Å². The summed E-state index contributed by atoms with van der Waals surface area (Å²) in [7, 11) is 0. The molecule has 1 aromatic rings. The van der Waals surface area contributed by atoms with Gasteiger partial charge in [-0.3, -0.25) is 0 Å². The lowest BCUT2D eigenvalue weighted by molar-refractivity contribution is 0.190. The van der Waals surface area contributed by atoms with Crippen molar-refractivity contribution in [2.45, 2.75) is 39.2 Å². The van der Waals surface area contributed by atoms with Gasteiger partial charge in [-0.15, -0.1) is 0 Å². The van der Waals surface area contributed by atoms with Gasteiger partial charge in [-0.05, 0) is 27.7 Å². The molecule has 92 valence electrons. The molecule has 1 aromatic heterocycles. The predicted molar refractivity (Wildman–Crippen MR) is 62.8 cm³/mol. The van der Waals surface area contributed by atoms with Crippen molar-refractivity contribution in [2.24, 2.45) is 0 Å². The molecule has 17 heavy (non-hydrogen) atoms. The second-order valence-electron chi connectivity index (χ2n) is 4.53. The Morgan fingerprint density at radius 3 is 2.76 bits per heavy atom. The Hall–Kier alpha value is -1.68. The van der Waals surface area contributed by atoms with Crippen LogP contribution >= 0.6 is 11.5 Å². The van der Waals surface area contributed by atoms with Gasteiger partial charge in [0.2, 0.25) is 0 Å². The smallest absolute Gasteiger partial charge is 0.380 e. The Morgan fingerprint density at radius 1 is 1.59 bits per heavy atom. The zero-order valence-electron chi connectivity index (χ0n) is 10.1. The van der Waals surface area contributed by atoms with Crippen LogP contribution in [0.15, 0.2) is 0 Å². The SMILES string of the molecule is CC(C#N)c1nsc(OC(=O)NC(C)(C)C)n1. The summed E-state index contributed by atoms with van der Waals surface area (Å²) >= 11 is 0.952. The number of amides is 1. The van der Waals surface area contributed by atoms with Crippen LogP contribution in [0.3, 0.4) is 0 Å². The first kappa shape index (κ1) is 13.4. The number of carbonyl (C=O) groups is 1. The molecule has 1 amide bonds. The molecule has 0 aliphatic carbocycles. The molecule has 0 radical (unpaired) electrons. The normalized spacial score (nSPS) is 12.6. The van der Waals surface area contributed by atoms with E-state index >= 15 is 0 Å². The molecule has 1 unspecified atom stereocenters. The summed E-state index contributed by atoms with van der Waals surface area (Å²) in [6.07, 6.45) is -0.579. The number of carbonyl (C=O) groups excluding carboxylic acids is 1. The number of nitrogens with zero attached hydrogens (tertiary/aromatic N) is 3. The summed E-state index contributed by atoms with van der Waals surface area (Å²) in [6, 6.07) is 2.01. The highest BCUT2D eigenvalue weighted by Crippen LogP contribution is 2.19. The zero-order valence-corrected chi connectivity index (χ0v) is 11.0. The van der Waals surface area contributed by atoms with Gasteiger partial charge in [0.25, 0.3) is 0 Å². The minimum atomic E-state index is -0.579. The van der Waals surface area contributed by atoms with Crippen LogP contribution in [0.25, 0.3) is 0 Å². The third-order valence-electron chi connectivity index (χ3n) is 1.66. The molecular formula is C10H14N4O2S. The van der Waals surface area contributed by atoms with Gasteiger partial charge in [-0.1, -0.05) is 0 Å². The highest BCUT2D eigenvalue weighted by molar-refractivity contribution is 7.07. The molecule has 0 saturated carbocycles. The molecule has 7 heteroatoms. The summed E-state index contributed by atoms with van der Waals surface area (Å²) in [4.78, 5) is 15.4. The Balaban J connectivity index is 2.62. The van der Waals surface area contributed by atoms with E-state index in [9.17, 15) is 4.79 Å². The van der Waals surface area contributed by atoms with Crippen LogP contribution in [0.1, 0.15) is 39.4 Å². The number of nitrogens with one attached hydrogen (secondary N) is 1. The molecule has 0 spiro atoms. The number of aromatic nitrogens is 2. The first-order valence-electron chi connectivity index (χ1n) is 5.05. The fraction of sp³-hybridized carbons (Fsp3) is 0.600. The Labute approximate surface area is 104 Å². The van der Waals surface area contributed by atoms with Gasteiger partial charge in [-0.2, -0.15) is 14.6 Å². The molecule has 0 saturated heterocycles. The van der Waals surface area contributed by atoms with Crippen molar-refractivity contribution in [1.29, 1.82) is 5.26 Å². The van der Waals surface area contributed by atoms with Gasteiger partial charge >= 0.3 is 11.3 Å². The van der Waals surface area contributed by atoms with E-state index < -0.39 is 12.0 Å². The Kier molecular flexibility index (Phi) is 4.02. The van der Waals surface area contributed by atoms with E-state index in [0.29, 0.717) is 5.82 Å². The second-order valence-corrected chi connectivity index (χ2v) is 5.25. The van der Waals surface area contributed by atoms with Crippen molar-refractivity contribution < 1.29 is 9.53 Å². The minimum Gasteiger partial charge on any atom is -0.380 e. The molecule has 1 atom stereocenters. The molecular weight excluding hydrogens is 240 g/mol. The maximum Gasteiger partial charge on any atom is 0.415 e. The molecule has 1 rings (SSSR count). The van der Waals surface area contributed by atoms with E-state index in [-0.39, 0.29) is 10.7 Å². The lowest BCUT2D eigenvalue weighted by Gasteiger charge is -2.18. The molecule has 0 bridgehead atoms. The van der Waals surface area contributed by atoms with Crippen LogP contribution in [-0.2, 0) is 0 Å². The van der Waals surface area contributed by atoms with E-state index in [4.69, 9.17) is 10.00 Å². The zero-order chi connectivity index (χ0) is 13.1. The fourth-order valence-corrected chi connectivity index (χ4v) is 1.52. The third kappa shape index (κ3) is 4.36. The maximum atomic E-state index is 11.4. The molecule has 1 heterocycles. The van der Waals surface area contributed by atoms with Gasteiger partial charge in [0, 0.05) is 17.1 Å². The van der Waals surface area contributed by atoms with Crippen molar-refractivity contribution in [3.05, 3.63) is 5.82 Å². The summed E-state index contributed by atoms with van der Waals surface area (Å²) in [6.45, 7) is 7.22. The average Bonchev–Trinajstić information content (AvgIpc) is 2.62. The first-order valence-corrected chi connectivity index (χ1v) is 5.82. The van der Waals surface area contributed by atoms with E-state index in [1.165, 1.54) is 0 Å². The van der Waals surface area contributed by atoms with Crippen LogP contribution in [0, 0.1) is 11.3 Å². The summed E-state index contributed by atoms with van der Waals surface area (Å²) in [5, 5.41) is 11.5. The fourth-order valence-electron chi connectivity index (χ4n) is 0.906. The maximum absolute atomic E-state index is 11.4. The van der Waals surface area contributed by atoms with Crippen LogP contribution in [-0.4, -0.2) is 21.0 Å². The van der Waals surface area contributed by atoms with Crippen LogP contribution < -0.4 is 10.1 Å².